The normalized spacial score (nSPS) is 28.6. The van der Waals surface area contributed by atoms with Crippen LogP contribution >= 0.6 is 0 Å². The first-order valence-electron chi connectivity index (χ1n) is 7.48. The SMILES string of the molecule is O=C1NC(=O)C([C@@H]2c3ccccc3O[C@H]3NC(=O)NC(=O)[C@@H]32)C(=O)N1. The molecule has 10 nitrogen and oxygen atoms in total. The lowest BCUT2D eigenvalue weighted by Crippen LogP contribution is -2.66. The molecule has 3 aliphatic rings. The van der Waals surface area contributed by atoms with Gasteiger partial charge in [-0.25, -0.2) is 9.59 Å². The summed E-state index contributed by atoms with van der Waals surface area (Å²) in [5.74, 6) is -5.17. The summed E-state index contributed by atoms with van der Waals surface area (Å²) in [7, 11) is 0. The standard InChI is InChI=1S/C15H12N4O6/c20-10-8(11(21)17-14(23)16-10)7-5-3-1-2-4-6(5)25-13-9(7)12(22)18-15(24)19-13/h1-4,7-9,13H,(H2,18,19,22,24)(H2,16,17,20,21,23)/t7-,9-,13+/m0/s1. The van der Waals surface area contributed by atoms with E-state index in [0.717, 1.165) is 0 Å². The number of rotatable bonds is 1. The summed E-state index contributed by atoms with van der Waals surface area (Å²) in [4.78, 5) is 59.9. The number of para-hydroxylation sites is 1. The summed E-state index contributed by atoms with van der Waals surface area (Å²) < 4.78 is 5.67. The van der Waals surface area contributed by atoms with Crippen LogP contribution in [0.5, 0.6) is 5.75 Å². The van der Waals surface area contributed by atoms with Gasteiger partial charge in [-0.1, -0.05) is 18.2 Å². The van der Waals surface area contributed by atoms with Crippen LogP contribution in [0.25, 0.3) is 0 Å². The number of urea groups is 2. The maximum absolute atomic E-state index is 12.4. The molecule has 4 rings (SSSR count). The number of imide groups is 3. The number of nitrogens with one attached hydrogen (secondary N) is 4. The number of carbonyl (C=O) groups is 5. The van der Waals surface area contributed by atoms with E-state index in [4.69, 9.17) is 4.74 Å². The van der Waals surface area contributed by atoms with Crippen molar-refractivity contribution in [3.8, 4) is 5.75 Å². The fourth-order valence-corrected chi connectivity index (χ4v) is 3.48. The second-order valence-corrected chi connectivity index (χ2v) is 5.88. The third-order valence-corrected chi connectivity index (χ3v) is 4.46. The van der Waals surface area contributed by atoms with Gasteiger partial charge in [-0.05, 0) is 11.6 Å². The number of hydrogen-bond acceptors (Lipinski definition) is 6. The maximum atomic E-state index is 12.4. The van der Waals surface area contributed by atoms with Crippen LogP contribution in [0.1, 0.15) is 11.5 Å². The lowest BCUT2D eigenvalue weighted by Gasteiger charge is -2.43. The van der Waals surface area contributed by atoms with Crippen LogP contribution < -0.4 is 26.0 Å². The molecule has 1 aromatic carbocycles. The molecule has 3 atom stereocenters. The number of amides is 7. The summed E-state index contributed by atoms with van der Waals surface area (Å²) >= 11 is 0. The number of carbonyl (C=O) groups excluding carboxylic acids is 5. The zero-order valence-corrected chi connectivity index (χ0v) is 12.6. The Morgan fingerprint density at radius 1 is 0.760 bits per heavy atom. The van der Waals surface area contributed by atoms with E-state index in [1.54, 1.807) is 24.3 Å². The Morgan fingerprint density at radius 2 is 1.40 bits per heavy atom. The van der Waals surface area contributed by atoms with Crippen LogP contribution in [0.4, 0.5) is 9.59 Å². The number of barbiturate groups is 1. The van der Waals surface area contributed by atoms with E-state index in [-0.39, 0.29) is 0 Å². The molecule has 128 valence electrons. The van der Waals surface area contributed by atoms with Crippen molar-refractivity contribution < 1.29 is 28.7 Å². The van der Waals surface area contributed by atoms with Crippen molar-refractivity contribution in [1.82, 2.24) is 21.3 Å². The number of ether oxygens (including phenoxy) is 1. The highest BCUT2D eigenvalue weighted by Crippen LogP contribution is 2.45. The van der Waals surface area contributed by atoms with Crippen molar-refractivity contribution in [3.63, 3.8) is 0 Å². The fourth-order valence-electron chi connectivity index (χ4n) is 3.48. The van der Waals surface area contributed by atoms with Crippen LogP contribution in [0.3, 0.4) is 0 Å². The van der Waals surface area contributed by atoms with Crippen LogP contribution in [-0.4, -0.2) is 36.0 Å². The Kier molecular flexibility index (Phi) is 3.20. The van der Waals surface area contributed by atoms with Crippen molar-refractivity contribution in [1.29, 1.82) is 0 Å². The monoisotopic (exact) mass is 344 g/mol. The van der Waals surface area contributed by atoms with Gasteiger partial charge in [0.05, 0.1) is 0 Å². The molecule has 2 saturated heterocycles. The lowest BCUT2D eigenvalue weighted by atomic mass is 9.72. The summed E-state index contributed by atoms with van der Waals surface area (Å²) in [6, 6.07) is 4.98. The number of hydrogen-bond donors (Lipinski definition) is 4. The van der Waals surface area contributed by atoms with Gasteiger partial charge in [0.25, 0.3) is 0 Å². The molecule has 0 saturated carbocycles. The molecule has 0 aromatic heterocycles. The molecule has 10 heteroatoms. The molecule has 25 heavy (non-hydrogen) atoms. The lowest BCUT2D eigenvalue weighted by molar-refractivity contribution is -0.141. The van der Waals surface area contributed by atoms with Crippen LogP contribution in [0, 0.1) is 11.8 Å². The van der Waals surface area contributed by atoms with E-state index in [1.807, 2.05) is 10.6 Å². The Morgan fingerprint density at radius 3 is 2.12 bits per heavy atom. The average Bonchev–Trinajstić information content (AvgIpc) is 2.52. The minimum absolute atomic E-state index is 0.348. The molecule has 3 heterocycles. The smallest absolute Gasteiger partial charge is 0.328 e. The molecule has 3 aliphatic heterocycles. The van der Waals surface area contributed by atoms with Gasteiger partial charge in [-0.2, -0.15) is 0 Å². The summed E-state index contributed by atoms with van der Waals surface area (Å²) in [6.45, 7) is 0. The quantitative estimate of drug-likeness (QED) is 0.478. The second kappa shape index (κ2) is 5.30. The number of benzene rings is 1. The van der Waals surface area contributed by atoms with E-state index < -0.39 is 53.8 Å². The molecule has 0 spiro atoms. The molecule has 7 amide bonds. The van der Waals surface area contributed by atoms with E-state index in [1.165, 1.54) is 0 Å². The predicted molar refractivity (Wildman–Crippen MR) is 78.9 cm³/mol. The average molecular weight is 344 g/mol. The van der Waals surface area contributed by atoms with Gasteiger partial charge in [0.1, 0.15) is 17.6 Å². The Labute approximate surface area is 140 Å². The molecule has 0 unspecified atom stereocenters. The van der Waals surface area contributed by atoms with Crippen molar-refractivity contribution in [2.45, 2.75) is 12.1 Å². The molecule has 0 aliphatic carbocycles. The van der Waals surface area contributed by atoms with Crippen molar-refractivity contribution in [3.05, 3.63) is 29.8 Å². The number of fused-ring (bicyclic) bond motifs is 2. The molecule has 0 bridgehead atoms. The highest BCUT2D eigenvalue weighted by atomic mass is 16.5. The minimum Gasteiger partial charge on any atom is -0.469 e. The molecule has 0 radical (unpaired) electrons. The first kappa shape index (κ1) is 15.1. The van der Waals surface area contributed by atoms with E-state index in [0.29, 0.717) is 11.3 Å². The first-order valence-corrected chi connectivity index (χ1v) is 7.48. The highest BCUT2D eigenvalue weighted by molar-refractivity contribution is 6.17. The van der Waals surface area contributed by atoms with Crippen LogP contribution in [0.15, 0.2) is 24.3 Å². The Hall–Kier alpha value is -3.43. The van der Waals surface area contributed by atoms with Gasteiger partial charge in [0.2, 0.25) is 17.7 Å². The van der Waals surface area contributed by atoms with Gasteiger partial charge in [0, 0.05) is 5.92 Å². The first-order chi connectivity index (χ1) is 12.0. The maximum Gasteiger partial charge on any atom is 0.328 e. The van der Waals surface area contributed by atoms with Gasteiger partial charge in [-0.15, -0.1) is 0 Å². The van der Waals surface area contributed by atoms with E-state index >= 15 is 0 Å². The topological polar surface area (TPSA) is 143 Å². The van der Waals surface area contributed by atoms with Crippen molar-refractivity contribution in [2.24, 2.45) is 11.8 Å². The largest absolute Gasteiger partial charge is 0.469 e. The third-order valence-electron chi connectivity index (χ3n) is 4.46. The minimum atomic E-state index is -1.32. The Bertz CT molecular complexity index is 817. The molecule has 2 fully saturated rings. The third kappa shape index (κ3) is 2.30. The zero-order valence-electron chi connectivity index (χ0n) is 12.6. The second-order valence-electron chi connectivity index (χ2n) is 5.88. The molecule has 1 aromatic rings. The van der Waals surface area contributed by atoms with Gasteiger partial charge < -0.3 is 10.1 Å². The van der Waals surface area contributed by atoms with Crippen molar-refractivity contribution >= 4 is 29.8 Å². The fraction of sp³-hybridized carbons (Fsp3) is 0.267. The van der Waals surface area contributed by atoms with Gasteiger partial charge in [0.15, 0.2) is 6.23 Å². The zero-order chi connectivity index (χ0) is 17.7. The van der Waals surface area contributed by atoms with Crippen molar-refractivity contribution in [2.75, 3.05) is 0 Å². The van der Waals surface area contributed by atoms with Gasteiger partial charge in [-0.3, -0.25) is 30.3 Å². The summed E-state index contributed by atoms with van der Waals surface area (Å²) in [5.41, 5.74) is 0.472. The summed E-state index contributed by atoms with van der Waals surface area (Å²) in [6.07, 6.45) is -1.03. The molecular weight excluding hydrogens is 332 g/mol. The summed E-state index contributed by atoms with van der Waals surface area (Å²) in [5, 5.41) is 8.67. The Balaban J connectivity index is 1.84. The van der Waals surface area contributed by atoms with E-state index in [2.05, 4.69) is 10.6 Å². The molecule has 4 N–H and O–H groups in total. The predicted octanol–water partition coefficient (Wildman–Crippen LogP) is -1.07. The molecular formula is C15H12N4O6. The van der Waals surface area contributed by atoms with E-state index in [9.17, 15) is 24.0 Å². The van der Waals surface area contributed by atoms with Gasteiger partial charge >= 0.3 is 12.1 Å². The highest BCUT2D eigenvalue weighted by Gasteiger charge is 2.54. The van der Waals surface area contributed by atoms with Crippen LogP contribution in [-0.2, 0) is 14.4 Å². The van der Waals surface area contributed by atoms with Crippen LogP contribution in [0.2, 0.25) is 0 Å².